The number of rotatable bonds is 5. The highest BCUT2D eigenvalue weighted by molar-refractivity contribution is 6.09. The van der Waals surface area contributed by atoms with Crippen molar-refractivity contribution in [3.8, 4) is 5.69 Å². The van der Waals surface area contributed by atoms with Crippen molar-refractivity contribution in [2.24, 2.45) is 9.98 Å². The number of benzene rings is 4. The van der Waals surface area contributed by atoms with Crippen molar-refractivity contribution in [1.29, 1.82) is 5.41 Å². The Hall–Kier alpha value is -4.83. The van der Waals surface area contributed by atoms with Gasteiger partial charge in [-0.1, -0.05) is 104 Å². The molecule has 1 heterocycles. The van der Waals surface area contributed by atoms with E-state index in [-0.39, 0.29) is 0 Å². The third kappa shape index (κ3) is 8.58. The Morgan fingerprint density at radius 2 is 1.27 bits per heavy atom. The van der Waals surface area contributed by atoms with E-state index in [1.54, 1.807) is 0 Å². The van der Waals surface area contributed by atoms with Crippen molar-refractivity contribution >= 4 is 41.1 Å². The van der Waals surface area contributed by atoms with Gasteiger partial charge < -0.3 is 9.98 Å². The van der Waals surface area contributed by atoms with Crippen molar-refractivity contribution in [3.63, 3.8) is 0 Å². The normalized spacial score (nSPS) is 11.1. The summed E-state index contributed by atoms with van der Waals surface area (Å²) in [5, 5.41) is 8.02. The Morgan fingerprint density at radius 1 is 0.756 bits per heavy atom. The van der Waals surface area contributed by atoms with Gasteiger partial charge in [0.15, 0.2) is 5.84 Å². The van der Waals surface area contributed by atoms with Gasteiger partial charge in [-0.2, -0.15) is 0 Å². The average molecular weight is 543 g/mol. The van der Waals surface area contributed by atoms with Crippen molar-refractivity contribution in [2.45, 2.75) is 34.6 Å². The molecule has 4 nitrogen and oxygen atoms in total. The van der Waals surface area contributed by atoms with Gasteiger partial charge in [-0.3, -0.25) is 4.99 Å². The number of hydrogen-bond acceptors (Lipinski definition) is 2. The first-order valence-corrected chi connectivity index (χ1v) is 13.9. The van der Waals surface area contributed by atoms with Crippen LogP contribution in [0.15, 0.2) is 137 Å². The van der Waals surface area contributed by atoms with Crippen LogP contribution in [0.1, 0.15) is 38.8 Å². The number of para-hydroxylation sites is 2. The van der Waals surface area contributed by atoms with Gasteiger partial charge in [0.2, 0.25) is 0 Å². The SMILES string of the molecule is C=N.C=NC(=NCC(/C=C\C)=C/C)c1ccc(-n2c3ccccc3c3ccccc32)cc1.CC.Cc1ccccc1. The maximum Gasteiger partial charge on any atom is 0.154 e. The van der Waals surface area contributed by atoms with Crippen molar-refractivity contribution in [1.82, 2.24) is 4.57 Å². The topological polar surface area (TPSA) is 53.5 Å². The van der Waals surface area contributed by atoms with Crippen LogP contribution in [0.2, 0.25) is 0 Å². The minimum Gasteiger partial charge on any atom is -0.317 e. The molecule has 4 aromatic carbocycles. The first kappa shape index (κ1) is 32.4. The summed E-state index contributed by atoms with van der Waals surface area (Å²) in [5.74, 6) is 0.660. The molecule has 0 fully saturated rings. The van der Waals surface area contributed by atoms with E-state index in [0.717, 1.165) is 16.8 Å². The summed E-state index contributed by atoms with van der Waals surface area (Å²) in [5.41, 5.74) is 6.95. The molecule has 1 N–H and O–H groups in total. The Balaban J connectivity index is 0.000000456. The van der Waals surface area contributed by atoms with Crippen LogP contribution in [-0.2, 0) is 0 Å². The predicted molar refractivity (Wildman–Crippen MR) is 183 cm³/mol. The molecule has 5 rings (SSSR count). The van der Waals surface area contributed by atoms with Crippen LogP contribution in [0.4, 0.5) is 0 Å². The molecule has 0 unspecified atom stereocenters. The summed E-state index contributed by atoms with van der Waals surface area (Å²) >= 11 is 0. The second-order valence-corrected chi connectivity index (χ2v) is 8.73. The minimum atomic E-state index is 0.587. The predicted octanol–water partition coefficient (Wildman–Crippen LogP) is 10.0. The molecule has 0 saturated carbocycles. The van der Waals surface area contributed by atoms with Gasteiger partial charge in [0.1, 0.15) is 0 Å². The first-order chi connectivity index (χ1) is 20.2. The third-order valence-electron chi connectivity index (χ3n) is 6.22. The zero-order chi connectivity index (χ0) is 30.0. The quantitative estimate of drug-likeness (QED) is 0.130. The van der Waals surface area contributed by atoms with Gasteiger partial charge in [0, 0.05) is 22.0 Å². The number of aromatic nitrogens is 1. The zero-order valence-electron chi connectivity index (χ0n) is 25.0. The van der Waals surface area contributed by atoms with E-state index in [1.165, 1.54) is 27.4 Å². The zero-order valence-corrected chi connectivity index (χ0v) is 25.0. The number of aryl methyl sites for hydroxylation is 1. The molecule has 0 spiro atoms. The second-order valence-electron chi connectivity index (χ2n) is 8.73. The summed E-state index contributed by atoms with van der Waals surface area (Å²) in [6, 6.07) is 35.7. The molecule has 4 heteroatoms. The highest BCUT2D eigenvalue weighted by Crippen LogP contribution is 2.31. The van der Waals surface area contributed by atoms with E-state index in [1.807, 2.05) is 52.0 Å². The monoisotopic (exact) mass is 542 g/mol. The van der Waals surface area contributed by atoms with Gasteiger partial charge >= 0.3 is 0 Å². The Labute approximate surface area is 245 Å². The molecule has 0 aliphatic heterocycles. The molecule has 0 aliphatic carbocycles. The lowest BCUT2D eigenvalue weighted by atomic mass is 10.1. The molecule has 0 aliphatic rings. The van der Waals surface area contributed by atoms with Gasteiger partial charge in [0.25, 0.3) is 0 Å². The minimum absolute atomic E-state index is 0.587. The van der Waals surface area contributed by atoms with E-state index < -0.39 is 0 Å². The van der Waals surface area contributed by atoms with Crippen LogP contribution < -0.4 is 0 Å². The molecule has 5 aromatic rings. The number of amidine groups is 1. The third-order valence-corrected chi connectivity index (χ3v) is 6.22. The van der Waals surface area contributed by atoms with Crippen molar-refractivity contribution in [3.05, 3.63) is 138 Å². The summed E-state index contributed by atoms with van der Waals surface area (Å²) < 4.78 is 2.30. The Bertz CT molecular complexity index is 1530. The molecule has 41 heavy (non-hydrogen) atoms. The summed E-state index contributed by atoms with van der Waals surface area (Å²) in [7, 11) is 0. The smallest absolute Gasteiger partial charge is 0.154 e. The molecular formula is C37H42N4. The standard InChI is InChI=1S/C27H25N3.C7H8.C2H6.CH3N/c1-4-10-20(5-2)19-29-27(28-3)21-15-17-22(18-16-21)30-25-13-8-6-11-23(25)24-12-7-9-14-26(24)30;1-7-5-3-2-4-6-7;2*1-2/h4-18H,3,19H2,1-2H3;2-6H,1H3;1-2H3;2H,1H2/b10-4-,20-5+,29-27?;;;. The number of allylic oxidation sites excluding steroid dienone is 2. The van der Waals surface area contributed by atoms with Crippen molar-refractivity contribution in [2.75, 3.05) is 6.54 Å². The highest BCUT2D eigenvalue weighted by atomic mass is 15.0. The van der Waals surface area contributed by atoms with Crippen LogP contribution >= 0.6 is 0 Å². The number of fused-ring (bicyclic) bond motifs is 3. The number of hydrogen-bond donors (Lipinski definition) is 1. The largest absolute Gasteiger partial charge is 0.317 e. The summed E-state index contributed by atoms with van der Waals surface area (Å²) in [4.78, 5) is 8.81. The first-order valence-electron chi connectivity index (χ1n) is 13.9. The van der Waals surface area contributed by atoms with Gasteiger partial charge in [-0.25, -0.2) is 4.99 Å². The summed E-state index contributed by atoms with van der Waals surface area (Å²) in [6.07, 6.45) is 6.15. The van der Waals surface area contributed by atoms with Gasteiger partial charge in [-0.15, -0.1) is 0 Å². The molecule has 210 valence electrons. The van der Waals surface area contributed by atoms with Crippen LogP contribution in [0.25, 0.3) is 27.5 Å². The number of nitrogens with zero attached hydrogens (tertiary/aromatic N) is 3. The second kappa shape index (κ2) is 17.7. The maximum absolute atomic E-state index is 5.50. The highest BCUT2D eigenvalue weighted by Gasteiger charge is 2.11. The molecule has 0 amide bonds. The maximum atomic E-state index is 5.50. The fraction of sp³-hybridized carbons (Fsp3) is 0.162. The number of aliphatic imine (C=N–C) groups is 2. The van der Waals surface area contributed by atoms with Crippen LogP contribution in [-0.4, -0.2) is 30.4 Å². The molecule has 0 saturated heterocycles. The van der Waals surface area contributed by atoms with Crippen LogP contribution in [0.5, 0.6) is 0 Å². The molecule has 1 aromatic heterocycles. The lowest BCUT2D eigenvalue weighted by Crippen LogP contribution is -2.01. The lowest BCUT2D eigenvalue weighted by molar-refractivity contribution is 1.16. The Morgan fingerprint density at radius 3 is 1.71 bits per heavy atom. The molecule has 0 bridgehead atoms. The van der Waals surface area contributed by atoms with Gasteiger partial charge in [-0.05, 0) is 76.2 Å². The fourth-order valence-corrected chi connectivity index (χ4v) is 4.35. The van der Waals surface area contributed by atoms with E-state index in [2.05, 4.69) is 132 Å². The van der Waals surface area contributed by atoms with E-state index in [0.29, 0.717) is 12.4 Å². The van der Waals surface area contributed by atoms with Crippen LogP contribution in [0.3, 0.4) is 0 Å². The molecule has 0 radical (unpaired) electrons. The van der Waals surface area contributed by atoms with E-state index in [9.17, 15) is 0 Å². The van der Waals surface area contributed by atoms with Crippen molar-refractivity contribution < 1.29 is 0 Å². The fourth-order valence-electron chi connectivity index (χ4n) is 4.35. The Kier molecular flexibility index (Phi) is 14.0. The average Bonchev–Trinajstić information content (AvgIpc) is 3.38. The summed E-state index contributed by atoms with van der Waals surface area (Å²) in [6.45, 7) is 16.9. The van der Waals surface area contributed by atoms with Gasteiger partial charge in [0.05, 0.1) is 17.6 Å². The van der Waals surface area contributed by atoms with E-state index in [4.69, 9.17) is 5.41 Å². The molecule has 0 atom stereocenters. The lowest BCUT2D eigenvalue weighted by Gasteiger charge is -2.09. The van der Waals surface area contributed by atoms with Crippen LogP contribution in [0, 0.1) is 12.3 Å². The number of nitrogens with one attached hydrogen (secondary N) is 1. The van der Waals surface area contributed by atoms with E-state index >= 15 is 0 Å². The molecular weight excluding hydrogens is 500 g/mol.